The van der Waals surface area contributed by atoms with E-state index in [1.807, 2.05) is 0 Å². The molecule has 1 unspecified atom stereocenters. The Labute approximate surface area is 89.7 Å². The third kappa shape index (κ3) is 2.36. The Hall–Kier alpha value is -1.36. The Bertz CT molecular complexity index is 327. The van der Waals surface area contributed by atoms with Crippen LogP contribution in [0, 0.1) is 0 Å². The minimum Gasteiger partial charge on any atom is -0.394 e. The van der Waals surface area contributed by atoms with Gasteiger partial charge in [-0.25, -0.2) is 9.97 Å². The molecular formula is C10H17N5. The number of likely N-dealkylation sites (tertiary alicyclic amines) is 1. The Kier molecular flexibility index (Phi) is 3.01. The summed E-state index contributed by atoms with van der Waals surface area (Å²) in [6.07, 6.45) is 5.65. The van der Waals surface area contributed by atoms with Crippen LogP contribution in [-0.2, 0) is 0 Å². The number of nitrogen functional groups attached to an aromatic ring is 1. The maximum atomic E-state index is 5.74. The van der Waals surface area contributed by atoms with Crippen LogP contribution in [0.1, 0.15) is 12.8 Å². The summed E-state index contributed by atoms with van der Waals surface area (Å²) in [7, 11) is 2.16. The summed E-state index contributed by atoms with van der Waals surface area (Å²) < 4.78 is 0. The van der Waals surface area contributed by atoms with Crippen molar-refractivity contribution in [1.82, 2.24) is 14.9 Å². The molecule has 15 heavy (non-hydrogen) atoms. The topological polar surface area (TPSA) is 67.1 Å². The van der Waals surface area contributed by atoms with Crippen LogP contribution in [0.2, 0.25) is 0 Å². The molecule has 0 aliphatic carbocycles. The number of nitrogens with one attached hydrogen (secondary N) is 1. The highest BCUT2D eigenvalue weighted by atomic mass is 15.2. The Balaban J connectivity index is 1.90. The lowest BCUT2D eigenvalue weighted by molar-refractivity contribution is 0.322. The molecule has 1 aliphatic heterocycles. The molecule has 1 aromatic heterocycles. The van der Waals surface area contributed by atoms with Crippen LogP contribution in [0.3, 0.4) is 0 Å². The van der Waals surface area contributed by atoms with Crippen molar-refractivity contribution in [2.75, 3.05) is 31.2 Å². The summed E-state index contributed by atoms with van der Waals surface area (Å²) in [4.78, 5) is 10.3. The van der Waals surface area contributed by atoms with Gasteiger partial charge in [0.05, 0.1) is 11.9 Å². The van der Waals surface area contributed by atoms with Gasteiger partial charge in [-0.3, -0.25) is 0 Å². The molecule has 5 heteroatoms. The van der Waals surface area contributed by atoms with Gasteiger partial charge >= 0.3 is 0 Å². The van der Waals surface area contributed by atoms with E-state index in [1.165, 1.54) is 25.7 Å². The van der Waals surface area contributed by atoms with Gasteiger partial charge in [0.25, 0.3) is 0 Å². The van der Waals surface area contributed by atoms with Crippen molar-refractivity contribution in [2.24, 2.45) is 0 Å². The largest absolute Gasteiger partial charge is 0.394 e. The number of aromatic nitrogens is 2. The fourth-order valence-electron chi connectivity index (χ4n) is 1.94. The third-order valence-corrected chi connectivity index (χ3v) is 2.92. The van der Waals surface area contributed by atoms with Gasteiger partial charge in [0.1, 0.15) is 6.33 Å². The van der Waals surface area contributed by atoms with Crippen LogP contribution < -0.4 is 11.1 Å². The van der Waals surface area contributed by atoms with Crippen LogP contribution in [0.5, 0.6) is 0 Å². The monoisotopic (exact) mass is 207 g/mol. The summed E-state index contributed by atoms with van der Waals surface area (Å²) in [6, 6.07) is 0.597. The molecule has 0 amide bonds. The summed E-state index contributed by atoms with van der Waals surface area (Å²) >= 11 is 0. The summed E-state index contributed by atoms with van der Waals surface area (Å²) in [6.45, 7) is 2.09. The molecule has 1 aromatic rings. The van der Waals surface area contributed by atoms with Crippen LogP contribution in [0.4, 0.5) is 11.5 Å². The number of rotatable bonds is 3. The van der Waals surface area contributed by atoms with Crippen molar-refractivity contribution in [1.29, 1.82) is 0 Å². The van der Waals surface area contributed by atoms with Crippen molar-refractivity contribution in [3.63, 3.8) is 0 Å². The Morgan fingerprint density at radius 2 is 2.53 bits per heavy atom. The van der Waals surface area contributed by atoms with Crippen molar-refractivity contribution < 1.29 is 0 Å². The zero-order chi connectivity index (χ0) is 10.7. The Morgan fingerprint density at radius 1 is 1.67 bits per heavy atom. The second-order valence-electron chi connectivity index (χ2n) is 3.98. The van der Waals surface area contributed by atoms with E-state index in [2.05, 4.69) is 27.2 Å². The van der Waals surface area contributed by atoms with E-state index >= 15 is 0 Å². The van der Waals surface area contributed by atoms with Gasteiger partial charge in [-0.1, -0.05) is 0 Å². The van der Waals surface area contributed by atoms with Crippen LogP contribution in [0.15, 0.2) is 12.5 Å². The number of hydrogen-bond acceptors (Lipinski definition) is 5. The fourth-order valence-corrected chi connectivity index (χ4v) is 1.94. The number of likely N-dealkylation sites (N-methyl/N-ethyl adjacent to an activating group) is 1. The number of nitrogens with zero attached hydrogens (tertiary/aromatic N) is 3. The molecule has 5 nitrogen and oxygen atoms in total. The maximum Gasteiger partial charge on any atom is 0.152 e. The molecule has 0 aromatic carbocycles. The highest BCUT2D eigenvalue weighted by Gasteiger charge is 2.20. The zero-order valence-electron chi connectivity index (χ0n) is 8.98. The normalized spacial score (nSPS) is 21.8. The molecule has 0 radical (unpaired) electrons. The lowest BCUT2D eigenvalue weighted by Crippen LogP contribution is -2.31. The first kappa shape index (κ1) is 10.2. The van der Waals surface area contributed by atoms with E-state index in [9.17, 15) is 0 Å². The molecule has 0 spiro atoms. The van der Waals surface area contributed by atoms with Gasteiger partial charge in [-0.05, 0) is 26.4 Å². The summed E-state index contributed by atoms with van der Waals surface area (Å²) in [5, 5.41) is 3.27. The predicted molar refractivity (Wildman–Crippen MR) is 60.6 cm³/mol. The minimum atomic E-state index is 0.597. The lowest BCUT2D eigenvalue weighted by Gasteiger charge is -2.20. The standard InChI is InChI=1S/C10H17N5/c1-15-4-2-3-8(15)5-13-10-9(11)6-12-7-14-10/h6-8H,2-5,11H2,1H3,(H,12,13,14). The smallest absolute Gasteiger partial charge is 0.152 e. The SMILES string of the molecule is CN1CCCC1CNc1ncncc1N. The molecule has 3 N–H and O–H groups in total. The van der Waals surface area contributed by atoms with E-state index in [1.54, 1.807) is 6.20 Å². The maximum absolute atomic E-state index is 5.74. The number of hydrogen-bond donors (Lipinski definition) is 2. The van der Waals surface area contributed by atoms with Crippen molar-refractivity contribution in [2.45, 2.75) is 18.9 Å². The zero-order valence-corrected chi connectivity index (χ0v) is 8.98. The molecular weight excluding hydrogens is 190 g/mol. The molecule has 1 aliphatic rings. The summed E-state index contributed by atoms with van der Waals surface area (Å²) in [5.41, 5.74) is 6.35. The van der Waals surface area contributed by atoms with Crippen molar-refractivity contribution in [3.05, 3.63) is 12.5 Å². The predicted octanol–water partition coefficient (Wildman–Crippen LogP) is 0.565. The van der Waals surface area contributed by atoms with Gasteiger partial charge in [0.2, 0.25) is 0 Å². The summed E-state index contributed by atoms with van der Waals surface area (Å²) in [5.74, 6) is 0.741. The first-order chi connectivity index (χ1) is 7.27. The molecule has 1 fully saturated rings. The second kappa shape index (κ2) is 4.44. The second-order valence-corrected chi connectivity index (χ2v) is 3.98. The van der Waals surface area contributed by atoms with Crippen LogP contribution >= 0.6 is 0 Å². The average Bonchev–Trinajstić information content (AvgIpc) is 2.63. The van der Waals surface area contributed by atoms with E-state index in [-0.39, 0.29) is 0 Å². The van der Waals surface area contributed by atoms with Gasteiger partial charge in [0.15, 0.2) is 5.82 Å². The van der Waals surface area contributed by atoms with Crippen LogP contribution in [-0.4, -0.2) is 41.0 Å². The molecule has 2 heterocycles. The highest BCUT2D eigenvalue weighted by Crippen LogP contribution is 2.17. The van der Waals surface area contributed by atoms with Gasteiger partial charge in [0, 0.05) is 12.6 Å². The molecule has 1 atom stereocenters. The third-order valence-electron chi connectivity index (χ3n) is 2.92. The van der Waals surface area contributed by atoms with Gasteiger partial charge < -0.3 is 16.0 Å². The Morgan fingerprint density at radius 3 is 3.20 bits per heavy atom. The van der Waals surface area contributed by atoms with Crippen molar-refractivity contribution >= 4 is 11.5 Å². The molecule has 1 saturated heterocycles. The number of anilines is 2. The molecule has 0 saturated carbocycles. The fraction of sp³-hybridized carbons (Fsp3) is 0.600. The first-order valence-corrected chi connectivity index (χ1v) is 5.27. The quantitative estimate of drug-likeness (QED) is 0.758. The van der Waals surface area contributed by atoms with E-state index in [4.69, 9.17) is 5.73 Å². The molecule has 82 valence electrons. The van der Waals surface area contributed by atoms with E-state index in [0.717, 1.165) is 12.4 Å². The van der Waals surface area contributed by atoms with Crippen molar-refractivity contribution in [3.8, 4) is 0 Å². The highest BCUT2D eigenvalue weighted by molar-refractivity contribution is 5.58. The van der Waals surface area contributed by atoms with Gasteiger partial charge in [-0.15, -0.1) is 0 Å². The lowest BCUT2D eigenvalue weighted by atomic mass is 10.2. The van der Waals surface area contributed by atoms with Gasteiger partial charge in [-0.2, -0.15) is 0 Å². The molecule has 0 bridgehead atoms. The van der Waals surface area contributed by atoms with Crippen LogP contribution in [0.25, 0.3) is 0 Å². The molecule has 2 rings (SSSR count). The van der Waals surface area contributed by atoms with E-state index in [0.29, 0.717) is 11.7 Å². The first-order valence-electron chi connectivity index (χ1n) is 5.27. The number of nitrogens with two attached hydrogens (primary N) is 1. The average molecular weight is 207 g/mol. The van der Waals surface area contributed by atoms with E-state index < -0.39 is 0 Å². The minimum absolute atomic E-state index is 0.597.